The molecule has 2 saturated heterocycles. The molecule has 7 heteroatoms. The van der Waals surface area contributed by atoms with Gasteiger partial charge < -0.3 is 15.1 Å². The van der Waals surface area contributed by atoms with Crippen LogP contribution in [0.15, 0.2) is 54.7 Å². The number of pyridine rings is 1. The third-order valence-electron chi connectivity index (χ3n) is 5.91. The number of nitrogens with zero attached hydrogens (tertiary/aromatic N) is 4. The standard InChI is InChI=1S/C23H29N5O2/c29-22(25-16-19-9-11-28(17-19)20-6-2-1-3-7-20)18-26-12-14-27(15-13-26)23(30)21-8-4-5-10-24-21/h1-8,10,19H,9,11-18H2,(H,25,29). The predicted octanol–water partition coefficient (Wildman–Crippen LogP) is 1.48. The van der Waals surface area contributed by atoms with Gasteiger partial charge in [-0.1, -0.05) is 24.3 Å². The highest BCUT2D eigenvalue weighted by Crippen LogP contribution is 2.22. The van der Waals surface area contributed by atoms with Gasteiger partial charge in [-0.25, -0.2) is 0 Å². The van der Waals surface area contributed by atoms with E-state index in [-0.39, 0.29) is 11.8 Å². The Morgan fingerprint density at radius 2 is 1.73 bits per heavy atom. The average Bonchev–Trinajstić information content (AvgIpc) is 3.28. The molecule has 1 aromatic heterocycles. The number of hydrogen-bond donors (Lipinski definition) is 1. The molecule has 2 aromatic rings. The van der Waals surface area contributed by atoms with Gasteiger partial charge in [0.25, 0.3) is 5.91 Å². The van der Waals surface area contributed by atoms with Gasteiger partial charge in [-0.3, -0.25) is 19.5 Å². The predicted molar refractivity (Wildman–Crippen MR) is 116 cm³/mol. The van der Waals surface area contributed by atoms with Crippen LogP contribution in [0.2, 0.25) is 0 Å². The maximum atomic E-state index is 12.5. The van der Waals surface area contributed by atoms with E-state index in [1.165, 1.54) is 5.69 Å². The molecule has 1 N–H and O–H groups in total. The molecular weight excluding hydrogens is 378 g/mol. The average molecular weight is 408 g/mol. The van der Waals surface area contributed by atoms with E-state index in [1.54, 1.807) is 18.3 Å². The topological polar surface area (TPSA) is 68.8 Å². The molecule has 2 aliphatic heterocycles. The van der Waals surface area contributed by atoms with Crippen molar-refractivity contribution in [2.45, 2.75) is 6.42 Å². The minimum Gasteiger partial charge on any atom is -0.371 e. The smallest absolute Gasteiger partial charge is 0.272 e. The molecule has 0 spiro atoms. The van der Waals surface area contributed by atoms with Gasteiger partial charge in [-0.2, -0.15) is 0 Å². The maximum Gasteiger partial charge on any atom is 0.272 e. The molecule has 158 valence electrons. The number of rotatable bonds is 6. The van der Waals surface area contributed by atoms with E-state index in [1.807, 2.05) is 17.0 Å². The van der Waals surface area contributed by atoms with Gasteiger partial charge in [-0.05, 0) is 36.6 Å². The van der Waals surface area contributed by atoms with Crippen LogP contribution in [0.25, 0.3) is 0 Å². The molecule has 2 amide bonds. The summed E-state index contributed by atoms with van der Waals surface area (Å²) >= 11 is 0. The molecule has 7 nitrogen and oxygen atoms in total. The lowest BCUT2D eigenvalue weighted by Crippen LogP contribution is -2.51. The number of carbonyl (C=O) groups is 2. The first kappa shape index (κ1) is 20.3. The molecule has 0 saturated carbocycles. The van der Waals surface area contributed by atoms with E-state index < -0.39 is 0 Å². The Hall–Kier alpha value is -2.93. The van der Waals surface area contributed by atoms with Crippen LogP contribution in [0.5, 0.6) is 0 Å². The summed E-state index contributed by atoms with van der Waals surface area (Å²) in [4.78, 5) is 35.3. The van der Waals surface area contributed by atoms with Crippen molar-refractivity contribution in [2.24, 2.45) is 5.92 Å². The highest BCUT2D eigenvalue weighted by Gasteiger charge is 2.25. The van der Waals surface area contributed by atoms with E-state index >= 15 is 0 Å². The number of amides is 2. The second kappa shape index (κ2) is 9.71. The van der Waals surface area contributed by atoms with E-state index in [9.17, 15) is 9.59 Å². The summed E-state index contributed by atoms with van der Waals surface area (Å²) in [6, 6.07) is 15.8. The SMILES string of the molecule is O=C(CN1CCN(C(=O)c2ccccn2)CC1)NCC1CCN(c2ccccc2)C1. The van der Waals surface area contributed by atoms with Crippen LogP contribution in [0, 0.1) is 5.92 Å². The first-order chi connectivity index (χ1) is 14.7. The van der Waals surface area contributed by atoms with Crippen LogP contribution in [0.3, 0.4) is 0 Å². The van der Waals surface area contributed by atoms with Crippen molar-refractivity contribution in [1.29, 1.82) is 0 Å². The normalized spacial score (nSPS) is 19.7. The van der Waals surface area contributed by atoms with Crippen molar-refractivity contribution < 1.29 is 9.59 Å². The molecule has 0 aliphatic carbocycles. The van der Waals surface area contributed by atoms with Gasteiger partial charge in [0.1, 0.15) is 5.69 Å². The first-order valence-electron chi connectivity index (χ1n) is 10.7. The number of para-hydroxylation sites is 1. The van der Waals surface area contributed by atoms with Gasteiger partial charge in [0.15, 0.2) is 0 Å². The fourth-order valence-corrected chi connectivity index (χ4v) is 4.15. The Kier molecular flexibility index (Phi) is 6.59. The van der Waals surface area contributed by atoms with Gasteiger partial charge >= 0.3 is 0 Å². The Morgan fingerprint density at radius 3 is 2.47 bits per heavy atom. The third-order valence-corrected chi connectivity index (χ3v) is 5.91. The van der Waals surface area contributed by atoms with E-state index in [0.717, 1.165) is 26.1 Å². The quantitative estimate of drug-likeness (QED) is 0.786. The monoisotopic (exact) mass is 407 g/mol. The van der Waals surface area contributed by atoms with Crippen molar-refractivity contribution in [3.8, 4) is 0 Å². The lowest BCUT2D eigenvalue weighted by Gasteiger charge is -2.34. The van der Waals surface area contributed by atoms with Crippen LogP contribution < -0.4 is 10.2 Å². The van der Waals surface area contributed by atoms with E-state index in [0.29, 0.717) is 44.3 Å². The second-order valence-electron chi connectivity index (χ2n) is 8.02. The van der Waals surface area contributed by atoms with Gasteiger partial charge in [0.2, 0.25) is 5.91 Å². The molecule has 4 rings (SSSR count). The Balaban J connectivity index is 1.16. The molecular formula is C23H29N5O2. The van der Waals surface area contributed by atoms with Crippen molar-refractivity contribution in [1.82, 2.24) is 20.1 Å². The second-order valence-corrected chi connectivity index (χ2v) is 8.02. The fraction of sp³-hybridized carbons (Fsp3) is 0.435. The largest absolute Gasteiger partial charge is 0.371 e. The number of aromatic nitrogens is 1. The molecule has 1 aromatic carbocycles. The molecule has 0 bridgehead atoms. The fourth-order valence-electron chi connectivity index (χ4n) is 4.15. The van der Waals surface area contributed by atoms with Crippen molar-refractivity contribution in [2.75, 3.05) is 57.3 Å². The number of hydrogen-bond acceptors (Lipinski definition) is 5. The van der Waals surface area contributed by atoms with Crippen LogP contribution in [0.4, 0.5) is 5.69 Å². The highest BCUT2D eigenvalue weighted by molar-refractivity contribution is 5.92. The molecule has 2 fully saturated rings. The number of anilines is 1. The summed E-state index contributed by atoms with van der Waals surface area (Å²) in [5.74, 6) is 0.517. The zero-order valence-electron chi connectivity index (χ0n) is 17.2. The lowest BCUT2D eigenvalue weighted by molar-refractivity contribution is -0.122. The van der Waals surface area contributed by atoms with Crippen LogP contribution in [-0.4, -0.2) is 79.0 Å². The maximum absolute atomic E-state index is 12.5. The summed E-state index contributed by atoms with van der Waals surface area (Å²) in [5.41, 5.74) is 1.73. The Labute approximate surface area is 177 Å². The van der Waals surface area contributed by atoms with Crippen molar-refractivity contribution in [3.63, 3.8) is 0 Å². The van der Waals surface area contributed by atoms with Crippen LogP contribution >= 0.6 is 0 Å². The zero-order valence-corrected chi connectivity index (χ0v) is 17.2. The molecule has 1 unspecified atom stereocenters. The number of piperazine rings is 1. The summed E-state index contributed by atoms with van der Waals surface area (Å²) in [6.45, 7) is 5.79. The minimum absolute atomic E-state index is 0.0381. The third kappa shape index (κ3) is 5.16. The summed E-state index contributed by atoms with van der Waals surface area (Å²) < 4.78 is 0. The summed E-state index contributed by atoms with van der Waals surface area (Å²) in [6.07, 6.45) is 2.74. The molecule has 1 atom stereocenters. The minimum atomic E-state index is -0.0381. The molecule has 2 aliphatic rings. The van der Waals surface area contributed by atoms with E-state index in [2.05, 4.69) is 44.4 Å². The number of benzene rings is 1. The zero-order chi connectivity index (χ0) is 20.8. The van der Waals surface area contributed by atoms with Crippen molar-refractivity contribution >= 4 is 17.5 Å². The lowest BCUT2D eigenvalue weighted by atomic mass is 10.1. The van der Waals surface area contributed by atoms with E-state index in [4.69, 9.17) is 0 Å². The molecule has 3 heterocycles. The van der Waals surface area contributed by atoms with Gasteiger partial charge in [-0.15, -0.1) is 0 Å². The Morgan fingerprint density at radius 1 is 0.967 bits per heavy atom. The molecule has 30 heavy (non-hydrogen) atoms. The number of carbonyl (C=O) groups excluding carboxylic acids is 2. The van der Waals surface area contributed by atoms with Crippen LogP contribution in [0.1, 0.15) is 16.9 Å². The van der Waals surface area contributed by atoms with Gasteiger partial charge in [0.05, 0.1) is 6.54 Å². The highest BCUT2D eigenvalue weighted by atomic mass is 16.2. The van der Waals surface area contributed by atoms with Crippen molar-refractivity contribution in [3.05, 3.63) is 60.4 Å². The summed E-state index contributed by atoms with van der Waals surface area (Å²) in [5, 5.41) is 3.11. The summed E-state index contributed by atoms with van der Waals surface area (Å²) in [7, 11) is 0. The number of nitrogens with one attached hydrogen (secondary N) is 1. The van der Waals surface area contributed by atoms with Gasteiger partial charge in [0, 0.05) is 57.7 Å². The molecule has 0 radical (unpaired) electrons. The Bertz CT molecular complexity index is 837. The first-order valence-corrected chi connectivity index (χ1v) is 10.7. The van der Waals surface area contributed by atoms with Crippen LogP contribution in [-0.2, 0) is 4.79 Å².